The molecule has 0 spiro atoms. The Hall–Kier alpha value is -1.51. The Morgan fingerprint density at radius 1 is 1.33 bits per heavy atom. The molecule has 0 radical (unpaired) electrons. The molecule has 1 aromatic rings. The van der Waals surface area contributed by atoms with Crippen molar-refractivity contribution >= 4 is 5.97 Å². The molecule has 0 aromatic heterocycles. The molecule has 0 bridgehead atoms. The normalized spacial score (nSPS) is 9.73. The van der Waals surface area contributed by atoms with Crippen molar-refractivity contribution in [3.05, 3.63) is 29.8 Å². The van der Waals surface area contributed by atoms with E-state index in [9.17, 15) is 4.79 Å². The third kappa shape index (κ3) is 3.62. The number of benzene rings is 1. The van der Waals surface area contributed by atoms with Crippen molar-refractivity contribution < 1.29 is 14.3 Å². The first-order valence-electron chi connectivity index (χ1n) is 5.18. The van der Waals surface area contributed by atoms with Crippen LogP contribution in [0.2, 0.25) is 0 Å². The second kappa shape index (κ2) is 6.06. The number of esters is 1. The molecule has 0 saturated carbocycles. The van der Waals surface area contributed by atoms with E-state index in [1.165, 1.54) is 0 Å². The van der Waals surface area contributed by atoms with Crippen LogP contribution in [0.25, 0.3) is 0 Å². The maximum atomic E-state index is 11.4. The van der Waals surface area contributed by atoms with Gasteiger partial charge in [-0.25, -0.2) is 4.79 Å². The van der Waals surface area contributed by atoms with E-state index in [0.29, 0.717) is 24.5 Å². The Morgan fingerprint density at radius 2 is 2.13 bits per heavy atom. The standard InChI is InChI=1S/C12H16O3/c1-3-8-15-11-7-5-6-10(9-11)12(13)14-4-2/h5-7,9H,3-4,8H2,1-2H3. The monoisotopic (exact) mass is 208 g/mol. The lowest BCUT2D eigenvalue weighted by atomic mass is 10.2. The Bertz CT molecular complexity index is 320. The average Bonchev–Trinajstić information content (AvgIpc) is 2.27. The number of hydrogen-bond donors (Lipinski definition) is 0. The molecule has 0 heterocycles. The van der Waals surface area contributed by atoms with Gasteiger partial charge >= 0.3 is 5.97 Å². The van der Waals surface area contributed by atoms with Crippen molar-refractivity contribution in [2.75, 3.05) is 13.2 Å². The molecule has 0 aliphatic heterocycles. The molecule has 1 aromatic carbocycles. The van der Waals surface area contributed by atoms with Gasteiger partial charge in [-0.15, -0.1) is 0 Å². The van der Waals surface area contributed by atoms with Crippen molar-refractivity contribution in [2.45, 2.75) is 20.3 Å². The highest BCUT2D eigenvalue weighted by Gasteiger charge is 2.06. The fourth-order valence-corrected chi connectivity index (χ4v) is 1.15. The lowest BCUT2D eigenvalue weighted by Crippen LogP contribution is -2.05. The smallest absolute Gasteiger partial charge is 0.338 e. The lowest BCUT2D eigenvalue weighted by molar-refractivity contribution is 0.0526. The lowest BCUT2D eigenvalue weighted by Gasteiger charge is -2.06. The van der Waals surface area contributed by atoms with Gasteiger partial charge in [0.15, 0.2) is 0 Å². The van der Waals surface area contributed by atoms with Gasteiger partial charge in [-0.05, 0) is 31.5 Å². The van der Waals surface area contributed by atoms with Gasteiger partial charge in [0.25, 0.3) is 0 Å². The second-order valence-corrected chi connectivity index (χ2v) is 3.10. The van der Waals surface area contributed by atoms with Crippen LogP contribution in [-0.4, -0.2) is 19.2 Å². The predicted octanol–water partition coefficient (Wildman–Crippen LogP) is 2.65. The van der Waals surface area contributed by atoms with Crippen LogP contribution in [0.1, 0.15) is 30.6 Å². The number of carbonyl (C=O) groups is 1. The van der Waals surface area contributed by atoms with Crippen molar-refractivity contribution in [2.24, 2.45) is 0 Å². The van der Waals surface area contributed by atoms with Gasteiger partial charge in [-0.2, -0.15) is 0 Å². The summed E-state index contributed by atoms with van der Waals surface area (Å²) >= 11 is 0. The average molecular weight is 208 g/mol. The third-order valence-corrected chi connectivity index (χ3v) is 1.82. The van der Waals surface area contributed by atoms with E-state index in [0.717, 1.165) is 6.42 Å². The highest BCUT2D eigenvalue weighted by atomic mass is 16.5. The van der Waals surface area contributed by atoms with Gasteiger partial charge in [-0.3, -0.25) is 0 Å². The molecular formula is C12H16O3. The van der Waals surface area contributed by atoms with E-state index in [1.807, 2.05) is 13.0 Å². The van der Waals surface area contributed by atoms with E-state index in [2.05, 4.69) is 0 Å². The van der Waals surface area contributed by atoms with Crippen molar-refractivity contribution in [1.82, 2.24) is 0 Å². The summed E-state index contributed by atoms with van der Waals surface area (Å²) in [6.45, 7) is 4.87. The topological polar surface area (TPSA) is 35.5 Å². The molecule has 1 rings (SSSR count). The maximum Gasteiger partial charge on any atom is 0.338 e. The van der Waals surface area contributed by atoms with Crippen molar-refractivity contribution in [1.29, 1.82) is 0 Å². The summed E-state index contributed by atoms with van der Waals surface area (Å²) in [6.07, 6.45) is 0.948. The summed E-state index contributed by atoms with van der Waals surface area (Å²) in [7, 11) is 0. The summed E-state index contributed by atoms with van der Waals surface area (Å²) in [5.41, 5.74) is 0.533. The molecule has 0 atom stereocenters. The molecule has 3 nitrogen and oxygen atoms in total. The fourth-order valence-electron chi connectivity index (χ4n) is 1.15. The second-order valence-electron chi connectivity index (χ2n) is 3.10. The number of carbonyl (C=O) groups excluding carboxylic acids is 1. The van der Waals surface area contributed by atoms with Crippen molar-refractivity contribution in [3.63, 3.8) is 0 Å². The first kappa shape index (κ1) is 11.6. The van der Waals surface area contributed by atoms with E-state index < -0.39 is 0 Å². The fraction of sp³-hybridized carbons (Fsp3) is 0.417. The molecule has 0 aliphatic rings. The molecule has 82 valence electrons. The number of rotatable bonds is 5. The zero-order valence-corrected chi connectivity index (χ0v) is 9.16. The minimum absolute atomic E-state index is 0.306. The molecule has 3 heteroatoms. The number of ether oxygens (including phenoxy) is 2. The molecule has 0 amide bonds. The Morgan fingerprint density at radius 3 is 2.80 bits per heavy atom. The summed E-state index contributed by atoms with van der Waals surface area (Å²) in [4.78, 5) is 11.4. The van der Waals surface area contributed by atoms with Crippen LogP contribution in [0.4, 0.5) is 0 Å². The molecule has 0 saturated heterocycles. The van der Waals surface area contributed by atoms with Gasteiger partial charge in [0.1, 0.15) is 5.75 Å². The highest BCUT2D eigenvalue weighted by molar-refractivity contribution is 5.89. The molecule has 15 heavy (non-hydrogen) atoms. The van der Waals surface area contributed by atoms with Gasteiger partial charge in [0, 0.05) is 0 Å². The summed E-state index contributed by atoms with van der Waals surface area (Å²) < 4.78 is 10.3. The first-order chi connectivity index (χ1) is 7.27. The van der Waals surface area contributed by atoms with Gasteiger partial charge < -0.3 is 9.47 Å². The van der Waals surface area contributed by atoms with Crippen molar-refractivity contribution in [3.8, 4) is 5.75 Å². The SMILES string of the molecule is CCCOc1cccc(C(=O)OCC)c1. The van der Waals surface area contributed by atoms with E-state index in [4.69, 9.17) is 9.47 Å². The van der Waals surface area contributed by atoms with E-state index >= 15 is 0 Å². The van der Waals surface area contributed by atoms with Crippen LogP contribution in [0.3, 0.4) is 0 Å². The molecule has 0 N–H and O–H groups in total. The number of hydrogen-bond acceptors (Lipinski definition) is 3. The summed E-state index contributed by atoms with van der Waals surface area (Å²) in [5, 5.41) is 0. The van der Waals surface area contributed by atoms with Crippen LogP contribution in [0.15, 0.2) is 24.3 Å². The minimum Gasteiger partial charge on any atom is -0.494 e. The zero-order chi connectivity index (χ0) is 11.1. The molecule has 0 fully saturated rings. The Balaban J connectivity index is 2.69. The van der Waals surface area contributed by atoms with E-state index in [1.54, 1.807) is 25.1 Å². The quantitative estimate of drug-likeness (QED) is 0.698. The van der Waals surface area contributed by atoms with Crippen LogP contribution >= 0.6 is 0 Å². The Kier molecular flexibility index (Phi) is 4.68. The largest absolute Gasteiger partial charge is 0.494 e. The molecule has 0 aliphatic carbocycles. The van der Waals surface area contributed by atoms with Crippen LogP contribution < -0.4 is 4.74 Å². The first-order valence-corrected chi connectivity index (χ1v) is 5.18. The molecular weight excluding hydrogens is 192 g/mol. The molecule has 0 unspecified atom stereocenters. The minimum atomic E-state index is -0.306. The zero-order valence-electron chi connectivity index (χ0n) is 9.16. The summed E-state index contributed by atoms with van der Waals surface area (Å²) in [5.74, 6) is 0.404. The van der Waals surface area contributed by atoms with Gasteiger partial charge in [-0.1, -0.05) is 13.0 Å². The maximum absolute atomic E-state index is 11.4. The van der Waals surface area contributed by atoms with E-state index in [-0.39, 0.29) is 5.97 Å². The van der Waals surface area contributed by atoms with Gasteiger partial charge in [0.05, 0.1) is 18.8 Å². The van der Waals surface area contributed by atoms with Crippen LogP contribution in [0.5, 0.6) is 5.75 Å². The van der Waals surface area contributed by atoms with Crippen LogP contribution in [0, 0.1) is 0 Å². The third-order valence-electron chi connectivity index (χ3n) is 1.82. The predicted molar refractivity (Wildman–Crippen MR) is 58.2 cm³/mol. The van der Waals surface area contributed by atoms with Gasteiger partial charge in [0.2, 0.25) is 0 Å². The van der Waals surface area contributed by atoms with Crippen LogP contribution in [-0.2, 0) is 4.74 Å². The Labute approximate surface area is 90.0 Å². The summed E-state index contributed by atoms with van der Waals surface area (Å²) in [6, 6.07) is 7.04. The highest BCUT2D eigenvalue weighted by Crippen LogP contribution is 2.14.